The Balaban J connectivity index is 2.81. The minimum atomic E-state index is -1.20. The number of rotatable bonds is 4. The highest BCUT2D eigenvalue weighted by Gasteiger charge is 2.19. The molecule has 1 amide bonds. The molecule has 0 aliphatic heterocycles. The Hall–Kier alpha value is -1.62. The number of hydrogen-bond donors (Lipinski definition) is 2. The van der Waals surface area contributed by atoms with E-state index in [0.29, 0.717) is 11.3 Å². The van der Waals surface area contributed by atoms with Crippen LogP contribution in [0, 0.1) is 0 Å². The van der Waals surface area contributed by atoms with Crippen molar-refractivity contribution >= 4 is 11.8 Å². The maximum atomic E-state index is 13.9. The predicted molar refractivity (Wildman–Crippen MR) is 73.8 cm³/mol. The molecule has 0 aliphatic rings. The number of hydrogen-bond acceptors (Lipinski definition) is 3. The molecule has 0 radical (unpaired) electrons. The maximum Gasteiger partial charge on any atom is 0.412 e. The molecule has 1 unspecified atom stereocenters. The number of ether oxygens (including phenoxy) is 1. The Morgan fingerprint density at radius 2 is 2.05 bits per heavy atom. The molecule has 1 atom stereocenters. The SMILES string of the molecule is CC(C)(C)OC(=O)Nc1ccccc1C(F)CCN. The zero-order valence-corrected chi connectivity index (χ0v) is 11.6. The Bertz CT molecular complexity index is 430. The van der Waals surface area contributed by atoms with E-state index in [9.17, 15) is 9.18 Å². The second kappa shape index (κ2) is 6.52. The van der Waals surface area contributed by atoms with E-state index in [1.807, 2.05) is 0 Å². The maximum absolute atomic E-state index is 13.9. The fourth-order valence-corrected chi connectivity index (χ4v) is 1.60. The minimum absolute atomic E-state index is 0.215. The number of para-hydroxylation sites is 1. The number of nitrogens with two attached hydrogens (primary N) is 1. The fraction of sp³-hybridized carbons (Fsp3) is 0.500. The van der Waals surface area contributed by atoms with Crippen molar-refractivity contribution in [3.8, 4) is 0 Å². The summed E-state index contributed by atoms with van der Waals surface area (Å²) >= 11 is 0. The average molecular weight is 268 g/mol. The van der Waals surface area contributed by atoms with Crippen LogP contribution < -0.4 is 11.1 Å². The molecule has 1 rings (SSSR count). The highest BCUT2D eigenvalue weighted by Crippen LogP contribution is 2.28. The minimum Gasteiger partial charge on any atom is -0.444 e. The van der Waals surface area contributed by atoms with Gasteiger partial charge in [-0.3, -0.25) is 5.32 Å². The van der Waals surface area contributed by atoms with E-state index in [-0.39, 0.29) is 13.0 Å². The van der Waals surface area contributed by atoms with E-state index < -0.39 is 17.9 Å². The summed E-state index contributed by atoms with van der Waals surface area (Å²) in [6.45, 7) is 5.56. The normalized spacial score (nSPS) is 12.9. The van der Waals surface area contributed by atoms with Gasteiger partial charge in [-0.05, 0) is 39.8 Å². The van der Waals surface area contributed by atoms with Crippen LogP contribution in [0.25, 0.3) is 0 Å². The van der Waals surface area contributed by atoms with Crippen molar-refractivity contribution in [3.05, 3.63) is 29.8 Å². The van der Waals surface area contributed by atoms with Gasteiger partial charge in [0.25, 0.3) is 0 Å². The fourth-order valence-electron chi connectivity index (χ4n) is 1.60. The summed E-state index contributed by atoms with van der Waals surface area (Å²) in [5.74, 6) is 0. The summed E-state index contributed by atoms with van der Waals surface area (Å²) in [7, 11) is 0. The Kier molecular flexibility index (Phi) is 5.30. The van der Waals surface area contributed by atoms with E-state index in [1.54, 1.807) is 45.0 Å². The summed E-state index contributed by atoms with van der Waals surface area (Å²) in [5.41, 5.74) is 5.59. The van der Waals surface area contributed by atoms with Gasteiger partial charge in [-0.15, -0.1) is 0 Å². The van der Waals surface area contributed by atoms with Crippen LogP contribution in [0.2, 0.25) is 0 Å². The molecule has 0 aromatic heterocycles. The quantitative estimate of drug-likeness (QED) is 0.879. The number of carbonyl (C=O) groups is 1. The van der Waals surface area contributed by atoms with Gasteiger partial charge < -0.3 is 10.5 Å². The highest BCUT2D eigenvalue weighted by atomic mass is 19.1. The van der Waals surface area contributed by atoms with Crippen LogP contribution in [0.3, 0.4) is 0 Å². The Morgan fingerprint density at radius 3 is 2.63 bits per heavy atom. The molecule has 4 nitrogen and oxygen atoms in total. The largest absolute Gasteiger partial charge is 0.444 e. The molecule has 0 saturated carbocycles. The zero-order chi connectivity index (χ0) is 14.5. The topological polar surface area (TPSA) is 64.3 Å². The standard InChI is InChI=1S/C14H21FN2O2/c1-14(2,3)19-13(18)17-12-7-5-4-6-10(12)11(15)8-9-16/h4-7,11H,8-9,16H2,1-3H3,(H,17,18). The van der Waals surface area contributed by atoms with Crippen molar-refractivity contribution in [2.45, 2.75) is 39.0 Å². The number of halogens is 1. The molecule has 0 bridgehead atoms. The molecular formula is C14H21FN2O2. The molecule has 19 heavy (non-hydrogen) atoms. The smallest absolute Gasteiger partial charge is 0.412 e. The zero-order valence-electron chi connectivity index (χ0n) is 11.6. The predicted octanol–water partition coefficient (Wildman–Crippen LogP) is 3.39. The first-order valence-corrected chi connectivity index (χ1v) is 6.26. The van der Waals surface area contributed by atoms with E-state index in [1.165, 1.54) is 0 Å². The molecule has 1 aromatic carbocycles. The van der Waals surface area contributed by atoms with Gasteiger partial charge in [0, 0.05) is 5.56 Å². The van der Waals surface area contributed by atoms with Crippen LogP contribution in [0.4, 0.5) is 14.9 Å². The van der Waals surface area contributed by atoms with Gasteiger partial charge in [0.05, 0.1) is 5.69 Å². The summed E-state index contributed by atoms with van der Waals surface area (Å²) in [5, 5.41) is 2.56. The van der Waals surface area contributed by atoms with Crippen molar-refractivity contribution in [1.29, 1.82) is 0 Å². The molecule has 3 N–H and O–H groups in total. The van der Waals surface area contributed by atoms with Gasteiger partial charge >= 0.3 is 6.09 Å². The first-order chi connectivity index (χ1) is 8.83. The number of carbonyl (C=O) groups excluding carboxylic acids is 1. The van der Waals surface area contributed by atoms with Gasteiger partial charge in [0.1, 0.15) is 11.8 Å². The van der Waals surface area contributed by atoms with Crippen molar-refractivity contribution in [1.82, 2.24) is 0 Å². The molecule has 1 aromatic rings. The van der Waals surface area contributed by atoms with Crippen molar-refractivity contribution < 1.29 is 13.9 Å². The lowest BCUT2D eigenvalue weighted by Gasteiger charge is -2.21. The molecule has 0 spiro atoms. The van der Waals surface area contributed by atoms with E-state index in [4.69, 9.17) is 10.5 Å². The van der Waals surface area contributed by atoms with Gasteiger partial charge in [0.15, 0.2) is 0 Å². The lowest BCUT2D eigenvalue weighted by Crippen LogP contribution is -2.27. The molecule has 0 fully saturated rings. The van der Waals surface area contributed by atoms with Crippen LogP contribution in [0.15, 0.2) is 24.3 Å². The molecule has 5 heteroatoms. The number of benzene rings is 1. The first kappa shape index (κ1) is 15.4. The van der Waals surface area contributed by atoms with Crippen molar-refractivity contribution in [3.63, 3.8) is 0 Å². The Morgan fingerprint density at radius 1 is 1.42 bits per heavy atom. The van der Waals surface area contributed by atoms with Crippen LogP contribution in [0.1, 0.15) is 38.9 Å². The van der Waals surface area contributed by atoms with Crippen LogP contribution >= 0.6 is 0 Å². The number of amides is 1. The monoisotopic (exact) mass is 268 g/mol. The Labute approximate surface area is 113 Å². The second-order valence-electron chi connectivity index (χ2n) is 5.26. The van der Waals surface area contributed by atoms with E-state index in [2.05, 4.69) is 5.32 Å². The summed E-state index contributed by atoms with van der Waals surface area (Å²) in [6.07, 6.45) is -1.58. The second-order valence-corrected chi connectivity index (χ2v) is 5.26. The van der Waals surface area contributed by atoms with E-state index in [0.717, 1.165) is 0 Å². The first-order valence-electron chi connectivity index (χ1n) is 6.26. The van der Waals surface area contributed by atoms with Crippen LogP contribution in [-0.2, 0) is 4.74 Å². The van der Waals surface area contributed by atoms with Gasteiger partial charge in [0.2, 0.25) is 0 Å². The molecular weight excluding hydrogens is 247 g/mol. The van der Waals surface area contributed by atoms with Crippen molar-refractivity contribution in [2.24, 2.45) is 5.73 Å². The van der Waals surface area contributed by atoms with Gasteiger partial charge in [-0.2, -0.15) is 0 Å². The van der Waals surface area contributed by atoms with Gasteiger partial charge in [-0.1, -0.05) is 18.2 Å². The van der Waals surface area contributed by atoms with Crippen LogP contribution in [0.5, 0.6) is 0 Å². The van der Waals surface area contributed by atoms with Crippen LogP contribution in [-0.4, -0.2) is 18.2 Å². The third-order valence-corrected chi connectivity index (χ3v) is 2.35. The number of anilines is 1. The third-order valence-electron chi connectivity index (χ3n) is 2.35. The van der Waals surface area contributed by atoms with E-state index >= 15 is 0 Å². The summed E-state index contributed by atoms with van der Waals surface area (Å²) < 4.78 is 19.1. The lowest BCUT2D eigenvalue weighted by atomic mass is 10.1. The van der Waals surface area contributed by atoms with Gasteiger partial charge in [-0.25, -0.2) is 9.18 Å². The summed E-state index contributed by atoms with van der Waals surface area (Å²) in [4.78, 5) is 11.7. The third kappa shape index (κ3) is 5.26. The highest BCUT2D eigenvalue weighted by molar-refractivity contribution is 5.86. The molecule has 106 valence electrons. The molecule has 0 aliphatic carbocycles. The number of nitrogens with one attached hydrogen (secondary N) is 1. The average Bonchev–Trinajstić information content (AvgIpc) is 2.27. The van der Waals surface area contributed by atoms with Crippen molar-refractivity contribution in [2.75, 3.05) is 11.9 Å². The molecule has 0 saturated heterocycles. The number of alkyl halides is 1. The lowest BCUT2D eigenvalue weighted by molar-refractivity contribution is 0.0635. The summed E-state index contributed by atoms with van der Waals surface area (Å²) in [6, 6.07) is 6.72. The molecule has 0 heterocycles.